The largest absolute Gasteiger partial charge is 0.408 e. The van der Waals surface area contributed by atoms with Crippen molar-refractivity contribution in [3.8, 4) is 17.2 Å². The first-order valence-corrected chi connectivity index (χ1v) is 11.0. The molecule has 0 fully saturated rings. The quantitative estimate of drug-likeness (QED) is 0.354. The van der Waals surface area contributed by atoms with Crippen LogP contribution in [0, 0.1) is 12.7 Å². The standard InChI is InChI=1S/C24H23F4N7O/c1-13(2)19-10-34(11-29-19)20-9-16(17(25)8-14(20)3)23(36)32-21-7-5-6-18(31-21)22-33-30-12-35(22)15(4)24(26,27)28/h5-13,15H,1-4H3,(H,31,32,36). The topological polar surface area (TPSA) is 90.5 Å². The van der Waals surface area contributed by atoms with Gasteiger partial charge in [-0.1, -0.05) is 19.9 Å². The van der Waals surface area contributed by atoms with E-state index < -0.39 is 23.9 Å². The van der Waals surface area contributed by atoms with Crippen LogP contribution in [-0.2, 0) is 0 Å². The van der Waals surface area contributed by atoms with E-state index >= 15 is 0 Å². The summed E-state index contributed by atoms with van der Waals surface area (Å²) in [5, 5.41) is 9.83. The summed E-state index contributed by atoms with van der Waals surface area (Å²) >= 11 is 0. The van der Waals surface area contributed by atoms with Crippen molar-refractivity contribution in [1.82, 2.24) is 29.3 Å². The Balaban J connectivity index is 1.62. The normalized spacial score (nSPS) is 12.7. The number of hydrogen-bond acceptors (Lipinski definition) is 5. The van der Waals surface area contributed by atoms with Crippen molar-refractivity contribution >= 4 is 11.7 Å². The van der Waals surface area contributed by atoms with Gasteiger partial charge in [-0.25, -0.2) is 14.4 Å². The van der Waals surface area contributed by atoms with Crippen LogP contribution < -0.4 is 5.32 Å². The van der Waals surface area contributed by atoms with Crippen LogP contribution in [0.25, 0.3) is 17.2 Å². The predicted molar refractivity (Wildman–Crippen MR) is 124 cm³/mol. The molecule has 4 rings (SSSR count). The van der Waals surface area contributed by atoms with Crippen molar-refractivity contribution in [2.75, 3.05) is 5.32 Å². The van der Waals surface area contributed by atoms with Gasteiger partial charge in [0, 0.05) is 6.20 Å². The van der Waals surface area contributed by atoms with Gasteiger partial charge in [-0.2, -0.15) is 13.2 Å². The van der Waals surface area contributed by atoms with Gasteiger partial charge in [0.2, 0.25) is 0 Å². The lowest BCUT2D eigenvalue weighted by atomic mass is 10.1. The number of rotatable bonds is 6. The molecular formula is C24H23F4N7O. The molecule has 1 unspecified atom stereocenters. The van der Waals surface area contributed by atoms with Gasteiger partial charge in [0.25, 0.3) is 5.91 Å². The van der Waals surface area contributed by atoms with Gasteiger partial charge in [-0.15, -0.1) is 10.2 Å². The average molecular weight is 501 g/mol. The van der Waals surface area contributed by atoms with Crippen molar-refractivity contribution in [2.45, 2.75) is 45.8 Å². The van der Waals surface area contributed by atoms with E-state index in [4.69, 9.17) is 0 Å². The number of benzene rings is 1. The number of aryl methyl sites for hydroxylation is 1. The fraction of sp³-hybridized carbons (Fsp3) is 0.292. The second-order valence-electron chi connectivity index (χ2n) is 8.62. The molecule has 0 saturated carbocycles. The van der Waals surface area contributed by atoms with Crippen LogP contribution in [0.2, 0.25) is 0 Å². The minimum absolute atomic E-state index is 0.0120. The van der Waals surface area contributed by atoms with Gasteiger partial charge in [-0.05, 0) is 49.6 Å². The number of nitrogens with one attached hydrogen (secondary N) is 1. The molecule has 1 amide bonds. The lowest BCUT2D eigenvalue weighted by Gasteiger charge is -2.18. The number of aromatic nitrogens is 6. The van der Waals surface area contributed by atoms with Crippen LogP contribution in [0.5, 0.6) is 0 Å². The van der Waals surface area contributed by atoms with Crippen LogP contribution >= 0.6 is 0 Å². The number of imidazole rings is 1. The number of pyridine rings is 1. The molecule has 0 spiro atoms. The highest BCUT2D eigenvalue weighted by molar-refractivity contribution is 6.04. The Bertz CT molecular complexity index is 1410. The highest BCUT2D eigenvalue weighted by Crippen LogP contribution is 2.32. The number of halogens is 4. The lowest BCUT2D eigenvalue weighted by Crippen LogP contribution is -2.24. The predicted octanol–water partition coefficient (Wildman–Crippen LogP) is 5.47. The average Bonchev–Trinajstić information content (AvgIpc) is 3.48. The third-order valence-electron chi connectivity index (χ3n) is 5.69. The van der Waals surface area contributed by atoms with Crippen LogP contribution in [0.3, 0.4) is 0 Å². The van der Waals surface area contributed by atoms with E-state index in [1.54, 1.807) is 17.8 Å². The van der Waals surface area contributed by atoms with E-state index in [1.165, 1.54) is 30.3 Å². The number of carbonyl (C=O) groups excluding carboxylic acids is 1. The molecular weight excluding hydrogens is 478 g/mol. The molecule has 1 N–H and O–H groups in total. The van der Waals surface area contributed by atoms with E-state index in [1.807, 2.05) is 20.0 Å². The van der Waals surface area contributed by atoms with E-state index in [2.05, 4.69) is 25.5 Å². The zero-order valence-corrected chi connectivity index (χ0v) is 19.9. The summed E-state index contributed by atoms with van der Waals surface area (Å²) in [6.45, 7) is 6.69. The number of hydrogen-bond donors (Lipinski definition) is 1. The van der Waals surface area contributed by atoms with E-state index in [0.29, 0.717) is 11.3 Å². The minimum atomic E-state index is -4.52. The smallest absolute Gasteiger partial charge is 0.306 e. The maximum absolute atomic E-state index is 14.8. The van der Waals surface area contributed by atoms with Crippen LogP contribution in [0.4, 0.5) is 23.4 Å². The summed E-state index contributed by atoms with van der Waals surface area (Å²) in [6, 6.07) is 5.15. The summed E-state index contributed by atoms with van der Waals surface area (Å²) < 4.78 is 57.0. The Morgan fingerprint density at radius 2 is 1.86 bits per heavy atom. The molecule has 3 heterocycles. The van der Waals surface area contributed by atoms with Crippen LogP contribution in [0.15, 0.2) is 49.2 Å². The minimum Gasteiger partial charge on any atom is -0.306 e. The zero-order valence-electron chi connectivity index (χ0n) is 19.9. The highest BCUT2D eigenvalue weighted by atomic mass is 19.4. The summed E-state index contributed by atoms with van der Waals surface area (Å²) in [5.41, 5.74) is 1.87. The number of carbonyl (C=O) groups is 1. The number of nitrogens with zero attached hydrogens (tertiary/aromatic N) is 6. The summed E-state index contributed by atoms with van der Waals surface area (Å²) in [4.78, 5) is 21.5. The van der Waals surface area contributed by atoms with E-state index in [9.17, 15) is 22.4 Å². The summed E-state index contributed by atoms with van der Waals surface area (Å²) in [5.74, 6) is -1.42. The lowest BCUT2D eigenvalue weighted by molar-refractivity contribution is -0.162. The molecule has 0 aliphatic rings. The summed E-state index contributed by atoms with van der Waals surface area (Å²) in [7, 11) is 0. The zero-order chi connectivity index (χ0) is 26.2. The van der Waals surface area contributed by atoms with Gasteiger partial charge < -0.3 is 14.5 Å². The maximum atomic E-state index is 14.8. The molecule has 12 heteroatoms. The molecule has 188 valence electrons. The first kappa shape index (κ1) is 25.0. The van der Waals surface area contributed by atoms with E-state index in [-0.39, 0.29) is 28.8 Å². The van der Waals surface area contributed by atoms with Crippen molar-refractivity contribution < 1.29 is 22.4 Å². The van der Waals surface area contributed by atoms with Crippen LogP contribution in [-0.4, -0.2) is 41.4 Å². The molecule has 8 nitrogen and oxygen atoms in total. The monoisotopic (exact) mass is 501 g/mol. The van der Waals surface area contributed by atoms with Crippen molar-refractivity contribution in [3.63, 3.8) is 0 Å². The molecule has 0 aliphatic carbocycles. The van der Waals surface area contributed by atoms with Crippen LogP contribution in [0.1, 0.15) is 54.3 Å². The Kier molecular flexibility index (Phi) is 6.61. The Hall–Kier alpha value is -4.09. The molecule has 0 radical (unpaired) electrons. The van der Waals surface area contributed by atoms with Gasteiger partial charge in [0.1, 0.15) is 29.7 Å². The van der Waals surface area contributed by atoms with Gasteiger partial charge in [0.05, 0.1) is 23.3 Å². The van der Waals surface area contributed by atoms with E-state index in [0.717, 1.165) is 23.5 Å². The van der Waals surface area contributed by atoms with Gasteiger partial charge >= 0.3 is 6.18 Å². The number of anilines is 1. The third kappa shape index (κ3) is 4.97. The number of amides is 1. The number of alkyl halides is 3. The molecule has 3 aromatic heterocycles. The third-order valence-corrected chi connectivity index (χ3v) is 5.69. The molecule has 1 aromatic carbocycles. The van der Waals surface area contributed by atoms with Crippen molar-refractivity contribution in [3.05, 3.63) is 71.8 Å². The highest BCUT2D eigenvalue weighted by Gasteiger charge is 2.38. The first-order valence-electron chi connectivity index (χ1n) is 11.0. The molecule has 0 saturated heterocycles. The first-order chi connectivity index (χ1) is 17.0. The van der Waals surface area contributed by atoms with Crippen molar-refractivity contribution in [1.29, 1.82) is 0 Å². The fourth-order valence-corrected chi connectivity index (χ4v) is 3.56. The second-order valence-corrected chi connectivity index (χ2v) is 8.62. The molecule has 0 bridgehead atoms. The Morgan fingerprint density at radius 3 is 2.53 bits per heavy atom. The Labute approximate surface area is 204 Å². The van der Waals surface area contributed by atoms with Crippen molar-refractivity contribution in [2.24, 2.45) is 0 Å². The SMILES string of the molecule is Cc1cc(F)c(C(=O)Nc2cccc(-c3nncn3C(C)C(F)(F)F)n2)cc1-n1cnc(C(C)C)c1. The van der Waals surface area contributed by atoms with Gasteiger partial charge in [0.15, 0.2) is 5.82 Å². The Morgan fingerprint density at radius 1 is 1.11 bits per heavy atom. The second kappa shape index (κ2) is 9.51. The molecule has 0 aliphatic heterocycles. The molecule has 1 atom stereocenters. The van der Waals surface area contributed by atoms with Gasteiger partial charge in [-0.3, -0.25) is 4.79 Å². The maximum Gasteiger partial charge on any atom is 0.408 e. The summed E-state index contributed by atoms with van der Waals surface area (Å²) in [6.07, 6.45) is -0.144. The molecule has 36 heavy (non-hydrogen) atoms. The molecule has 4 aromatic rings. The fourth-order valence-electron chi connectivity index (χ4n) is 3.56.